The van der Waals surface area contributed by atoms with Crippen LogP contribution in [0.15, 0.2) is 35.9 Å². The minimum Gasteiger partial charge on any atom is -0.497 e. The fourth-order valence-electron chi connectivity index (χ4n) is 2.74. The molecule has 0 N–H and O–H groups in total. The number of methoxy groups -OCH3 is 1. The normalized spacial score (nSPS) is 25.5. The molecule has 0 unspecified atom stereocenters. The van der Waals surface area contributed by atoms with Crippen LogP contribution in [0.4, 0.5) is 0 Å². The Balaban J connectivity index is 1.53. The van der Waals surface area contributed by atoms with Gasteiger partial charge in [0.15, 0.2) is 8.32 Å². The van der Waals surface area contributed by atoms with E-state index in [-0.39, 0.29) is 23.4 Å². The summed E-state index contributed by atoms with van der Waals surface area (Å²) in [5.74, 6) is 0.861. The summed E-state index contributed by atoms with van der Waals surface area (Å²) in [6.07, 6.45) is 2.61. The topological polar surface area (TPSA) is 40.2 Å². The number of rotatable bonds is 7. The molecule has 0 spiro atoms. The van der Waals surface area contributed by atoms with Gasteiger partial charge in [-0.15, -0.1) is 0 Å². The lowest BCUT2D eigenvalue weighted by Gasteiger charge is -2.36. The van der Waals surface area contributed by atoms with E-state index in [1.165, 1.54) is 5.57 Å². The van der Waals surface area contributed by atoms with Gasteiger partial charge in [0.25, 0.3) is 0 Å². The number of benzene rings is 1. The molecule has 2 aliphatic rings. The van der Waals surface area contributed by atoms with Gasteiger partial charge in [0.05, 0.1) is 20.3 Å². The van der Waals surface area contributed by atoms with Gasteiger partial charge in [-0.3, -0.25) is 0 Å². The first-order valence-electron chi connectivity index (χ1n) is 8.96. The lowest BCUT2D eigenvalue weighted by atomic mass is 10.2. The van der Waals surface area contributed by atoms with Gasteiger partial charge < -0.3 is 18.6 Å². The van der Waals surface area contributed by atoms with Crippen molar-refractivity contribution in [2.75, 3.05) is 13.7 Å². The summed E-state index contributed by atoms with van der Waals surface area (Å²) in [4.78, 5) is 0. The number of ether oxygens (including phenoxy) is 3. The third-order valence-corrected chi connectivity index (χ3v) is 10.1. The van der Waals surface area contributed by atoms with Crippen molar-refractivity contribution in [1.82, 2.24) is 0 Å². The molecule has 0 saturated carbocycles. The second-order valence-corrected chi connectivity index (χ2v) is 13.2. The maximum absolute atomic E-state index is 6.33. The first kappa shape index (κ1) is 18.6. The molecule has 4 nitrogen and oxygen atoms in total. The third kappa shape index (κ3) is 4.17. The van der Waals surface area contributed by atoms with Crippen molar-refractivity contribution in [3.63, 3.8) is 0 Å². The molecule has 1 saturated heterocycles. The number of fused-ring (bicyclic) bond motifs is 1. The van der Waals surface area contributed by atoms with Gasteiger partial charge in [-0.25, -0.2) is 0 Å². The minimum absolute atomic E-state index is 0.0325. The zero-order chi connectivity index (χ0) is 18.2. The van der Waals surface area contributed by atoms with Crippen molar-refractivity contribution in [2.45, 2.75) is 63.8 Å². The standard InChI is InChI=1S/C20H30O4Si/c1-20(2,3)25(5,6)23-13-15-11-17(19-18(15)24-19)22-12-14-7-9-16(21-4)10-8-14/h7-11,17-19H,12-13H2,1-6H3/t17-,18-,19+/m0/s1. The Morgan fingerprint density at radius 3 is 2.36 bits per heavy atom. The van der Waals surface area contributed by atoms with E-state index in [1.54, 1.807) is 7.11 Å². The minimum atomic E-state index is -1.73. The van der Waals surface area contributed by atoms with E-state index in [2.05, 4.69) is 39.9 Å². The van der Waals surface area contributed by atoms with Crippen molar-refractivity contribution in [3.05, 3.63) is 41.5 Å². The van der Waals surface area contributed by atoms with Crippen LogP contribution in [0.2, 0.25) is 18.1 Å². The van der Waals surface area contributed by atoms with Crippen molar-refractivity contribution in [1.29, 1.82) is 0 Å². The van der Waals surface area contributed by atoms with E-state index in [4.69, 9.17) is 18.6 Å². The quantitative estimate of drug-likeness (QED) is 0.412. The van der Waals surface area contributed by atoms with Gasteiger partial charge >= 0.3 is 0 Å². The first-order chi connectivity index (χ1) is 11.7. The molecule has 1 aliphatic heterocycles. The second kappa shape index (κ2) is 6.87. The van der Waals surface area contributed by atoms with E-state index in [0.717, 1.165) is 11.3 Å². The molecule has 5 heteroatoms. The fraction of sp³-hybridized carbons (Fsp3) is 0.600. The fourth-order valence-corrected chi connectivity index (χ4v) is 3.70. The van der Waals surface area contributed by atoms with E-state index in [1.807, 2.05) is 24.3 Å². The average Bonchev–Trinajstić information content (AvgIpc) is 3.27. The summed E-state index contributed by atoms with van der Waals surface area (Å²) in [5, 5.41) is 0.222. The Labute approximate surface area is 152 Å². The predicted molar refractivity (Wildman–Crippen MR) is 101 cm³/mol. The first-order valence-corrected chi connectivity index (χ1v) is 11.9. The summed E-state index contributed by atoms with van der Waals surface area (Å²) >= 11 is 0. The van der Waals surface area contributed by atoms with Crippen LogP contribution in [0.5, 0.6) is 5.75 Å². The van der Waals surface area contributed by atoms with Gasteiger partial charge in [-0.1, -0.05) is 32.9 Å². The molecule has 1 aromatic rings. The molecule has 25 heavy (non-hydrogen) atoms. The van der Waals surface area contributed by atoms with E-state index in [9.17, 15) is 0 Å². The van der Waals surface area contributed by atoms with Crippen molar-refractivity contribution in [3.8, 4) is 5.75 Å². The molecule has 0 aromatic heterocycles. The van der Waals surface area contributed by atoms with E-state index >= 15 is 0 Å². The molecule has 0 amide bonds. The monoisotopic (exact) mass is 362 g/mol. The van der Waals surface area contributed by atoms with Gasteiger partial charge in [-0.05, 0) is 47.5 Å². The van der Waals surface area contributed by atoms with Crippen LogP contribution < -0.4 is 4.74 Å². The molecule has 1 heterocycles. The molecule has 3 atom stereocenters. The third-order valence-electron chi connectivity index (χ3n) is 5.60. The highest BCUT2D eigenvalue weighted by Gasteiger charge is 2.52. The van der Waals surface area contributed by atoms with Crippen LogP contribution in [0.1, 0.15) is 26.3 Å². The average molecular weight is 363 g/mol. The zero-order valence-electron chi connectivity index (χ0n) is 16.2. The van der Waals surface area contributed by atoms with E-state index < -0.39 is 8.32 Å². The lowest BCUT2D eigenvalue weighted by Crippen LogP contribution is -2.41. The number of epoxide rings is 1. The Bertz CT molecular complexity index is 630. The summed E-state index contributed by atoms with van der Waals surface area (Å²) < 4.78 is 23.4. The largest absolute Gasteiger partial charge is 0.497 e. The molecular formula is C20H30O4Si. The molecule has 138 valence electrons. The Hall–Kier alpha value is -1.14. The maximum Gasteiger partial charge on any atom is 0.192 e. The van der Waals surface area contributed by atoms with E-state index in [0.29, 0.717) is 13.2 Å². The van der Waals surface area contributed by atoms with Crippen LogP contribution in [0, 0.1) is 0 Å². The molecule has 0 bridgehead atoms. The number of hydrogen-bond donors (Lipinski definition) is 0. The van der Waals surface area contributed by atoms with Crippen molar-refractivity contribution >= 4 is 8.32 Å². The highest BCUT2D eigenvalue weighted by Crippen LogP contribution is 2.42. The smallest absolute Gasteiger partial charge is 0.192 e. The Morgan fingerprint density at radius 1 is 1.08 bits per heavy atom. The molecule has 1 aromatic carbocycles. The SMILES string of the molecule is COc1ccc(CO[C@H]2C=C(CO[Si](C)(C)C(C)(C)C)[C@@H]3O[C@H]23)cc1. The van der Waals surface area contributed by atoms with Crippen LogP contribution in [0.25, 0.3) is 0 Å². The van der Waals surface area contributed by atoms with Crippen molar-refractivity contribution in [2.24, 2.45) is 0 Å². The van der Waals surface area contributed by atoms with Gasteiger partial charge in [0.1, 0.15) is 24.1 Å². The van der Waals surface area contributed by atoms with Gasteiger partial charge in [0, 0.05) is 0 Å². The lowest BCUT2D eigenvalue weighted by molar-refractivity contribution is 0.0518. The van der Waals surface area contributed by atoms with Gasteiger partial charge in [0.2, 0.25) is 0 Å². The zero-order valence-corrected chi connectivity index (χ0v) is 17.2. The summed E-state index contributed by atoms with van der Waals surface area (Å²) in [6, 6.07) is 7.98. The Morgan fingerprint density at radius 2 is 1.76 bits per heavy atom. The summed E-state index contributed by atoms with van der Waals surface area (Å²) in [7, 11) is -0.0614. The molecule has 3 rings (SSSR count). The molecular weight excluding hydrogens is 332 g/mol. The van der Waals surface area contributed by atoms with Crippen LogP contribution in [-0.2, 0) is 20.5 Å². The Kier molecular flexibility index (Phi) is 5.13. The maximum atomic E-state index is 6.33. The summed E-state index contributed by atoms with van der Waals surface area (Å²) in [5.41, 5.74) is 2.38. The highest BCUT2D eigenvalue weighted by molar-refractivity contribution is 6.74. The number of hydrogen-bond acceptors (Lipinski definition) is 4. The van der Waals surface area contributed by atoms with Gasteiger partial charge in [-0.2, -0.15) is 0 Å². The molecule has 0 radical (unpaired) electrons. The van der Waals surface area contributed by atoms with Crippen molar-refractivity contribution < 1.29 is 18.6 Å². The van der Waals surface area contributed by atoms with Crippen LogP contribution in [0.3, 0.4) is 0 Å². The predicted octanol–water partition coefficient (Wildman–Crippen LogP) is 4.31. The second-order valence-electron chi connectivity index (χ2n) is 8.44. The van der Waals surface area contributed by atoms with Crippen LogP contribution >= 0.6 is 0 Å². The van der Waals surface area contributed by atoms with Crippen LogP contribution in [-0.4, -0.2) is 40.3 Å². The highest BCUT2D eigenvalue weighted by atomic mass is 28.4. The molecule has 1 aliphatic carbocycles. The summed E-state index contributed by atoms with van der Waals surface area (Å²) in [6.45, 7) is 12.6. The molecule has 1 fully saturated rings.